The van der Waals surface area contributed by atoms with Gasteiger partial charge in [0.15, 0.2) is 0 Å². The molecule has 1 aromatic rings. The summed E-state index contributed by atoms with van der Waals surface area (Å²) in [6.07, 6.45) is 2.56. The highest BCUT2D eigenvalue weighted by Crippen LogP contribution is 2.23. The predicted octanol–water partition coefficient (Wildman–Crippen LogP) is 1.19. The lowest BCUT2D eigenvalue weighted by Gasteiger charge is -2.26. The Labute approximate surface area is 101 Å². The molecule has 2 heterocycles. The standard InChI is InChI=1S/C12H19N3O2/c1-9-5-10(13)6-14-11(9)15-7-12(16-2)3-4-17-8-12/h5-6H,3-4,7-8,13H2,1-2H3,(H,14,15). The Kier molecular flexibility index (Phi) is 3.49. The van der Waals surface area contributed by atoms with Crippen LogP contribution in [0, 0.1) is 6.92 Å². The molecule has 2 rings (SSSR count). The number of rotatable bonds is 4. The number of methoxy groups -OCH3 is 1. The first-order chi connectivity index (χ1) is 8.15. The summed E-state index contributed by atoms with van der Waals surface area (Å²) in [6, 6.07) is 1.90. The van der Waals surface area contributed by atoms with E-state index in [4.69, 9.17) is 15.2 Å². The van der Waals surface area contributed by atoms with Gasteiger partial charge in [0.2, 0.25) is 0 Å². The van der Waals surface area contributed by atoms with Gasteiger partial charge < -0.3 is 20.5 Å². The van der Waals surface area contributed by atoms with Crippen molar-refractivity contribution >= 4 is 11.5 Å². The highest BCUT2D eigenvalue weighted by Gasteiger charge is 2.34. The first kappa shape index (κ1) is 12.1. The van der Waals surface area contributed by atoms with Crippen LogP contribution in [0.25, 0.3) is 0 Å². The van der Waals surface area contributed by atoms with Crippen LogP contribution in [0.3, 0.4) is 0 Å². The number of nitrogens with two attached hydrogens (primary N) is 1. The van der Waals surface area contributed by atoms with Crippen molar-refractivity contribution in [2.45, 2.75) is 18.9 Å². The summed E-state index contributed by atoms with van der Waals surface area (Å²) in [4.78, 5) is 4.27. The summed E-state index contributed by atoms with van der Waals surface area (Å²) >= 11 is 0. The molecule has 1 aromatic heterocycles. The highest BCUT2D eigenvalue weighted by atomic mass is 16.5. The minimum Gasteiger partial charge on any atom is -0.397 e. The van der Waals surface area contributed by atoms with Crippen LogP contribution in [0.5, 0.6) is 0 Å². The van der Waals surface area contributed by atoms with Crippen LogP contribution in [0.1, 0.15) is 12.0 Å². The molecular weight excluding hydrogens is 218 g/mol. The van der Waals surface area contributed by atoms with Crippen molar-refractivity contribution in [1.29, 1.82) is 0 Å². The van der Waals surface area contributed by atoms with Crippen LogP contribution < -0.4 is 11.1 Å². The van der Waals surface area contributed by atoms with Crippen LogP contribution in [-0.4, -0.2) is 37.5 Å². The molecule has 0 amide bonds. The van der Waals surface area contributed by atoms with E-state index >= 15 is 0 Å². The van der Waals surface area contributed by atoms with E-state index in [9.17, 15) is 0 Å². The number of nitrogen functional groups attached to an aromatic ring is 1. The van der Waals surface area contributed by atoms with Crippen molar-refractivity contribution in [3.05, 3.63) is 17.8 Å². The van der Waals surface area contributed by atoms with E-state index < -0.39 is 0 Å². The summed E-state index contributed by atoms with van der Waals surface area (Å²) in [7, 11) is 1.72. The first-order valence-electron chi connectivity index (χ1n) is 5.74. The SMILES string of the molecule is COC1(CNc2ncc(N)cc2C)CCOC1. The molecule has 1 aliphatic rings. The smallest absolute Gasteiger partial charge is 0.129 e. The maximum Gasteiger partial charge on any atom is 0.129 e. The van der Waals surface area contributed by atoms with Crippen molar-refractivity contribution in [2.75, 3.05) is 37.9 Å². The van der Waals surface area contributed by atoms with Gasteiger partial charge in [-0.3, -0.25) is 0 Å². The third kappa shape index (κ3) is 2.68. The van der Waals surface area contributed by atoms with Crippen LogP contribution in [0.4, 0.5) is 11.5 Å². The Hall–Kier alpha value is -1.33. The maximum atomic E-state index is 5.66. The minimum atomic E-state index is -0.227. The molecule has 1 unspecified atom stereocenters. The Bertz CT molecular complexity index is 389. The largest absolute Gasteiger partial charge is 0.397 e. The molecule has 1 atom stereocenters. The molecule has 0 saturated carbocycles. The van der Waals surface area contributed by atoms with Gasteiger partial charge in [0.05, 0.1) is 18.5 Å². The summed E-state index contributed by atoms with van der Waals surface area (Å²) in [5.41, 5.74) is 7.15. The Morgan fingerprint density at radius 3 is 3.06 bits per heavy atom. The van der Waals surface area contributed by atoms with Gasteiger partial charge in [-0.15, -0.1) is 0 Å². The molecule has 0 aromatic carbocycles. The molecular formula is C12H19N3O2. The van der Waals surface area contributed by atoms with Crippen molar-refractivity contribution in [3.63, 3.8) is 0 Å². The first-order valence-corrected chi connectivity index (χ1v) is 5.74. The van der Waals surface area contributed by atoms with Gasteiger partial charge in [-0.1, -0.05) is 0 Å². The van der Waals surface area contributed by atoms with Gasteiger partial charge in [-0.05, 0) is 18.6 Å². The molecule has 94 valence electrons. The second kappa shape index (κ2) is 4.89. The number of anilines is 2. The third-order valence-corrected chi connectivity index (χ3v) is 3.18. The summed E-state index contributed by atoms with van der Waals surface area (Å²) < 4.78 is 10.9. The molecule has 0 bridgehead atoms. The van der Waals surface area contributed by atoms with Gasteiger partial charge in [-0.2, -0.15) is 0 Å². The topological polar surface area (TPSA) is 69.4 Å². The second-order valence-electron chi connectivity index (χ2n) is 4.48. The molecule has 1 fully saturated rings. The fraction of sp³-hybridized carbons (Fsp3) is 0.583. The minimum absolute atomic E-state index is 0.227. The van der Waals surface area contributed by atoms with E-state index in [0.717, 1.165) is 24.4 Å². The fourth-order valence-electron chi connectivity index (χ4n) is 1.99. The van der Waals surface area contributed by atoms with E-state index in [0.29, 0.717) is 18.8 Å². The number of nitrogens with zero attached hydrogens (tertiary/aromatic N) is 1. The van der Waals surface area contributed by atoms with E-state index in [-0.39, 0.29) is 5.60 Å². The zero-order valence-corrected chi connectivity index (χ0v) is 10.3. The molecule has 0 radical (unpaired) electrons. The van der Waals surface area contributed by atoms with Crippen molar-refractivity contribution in [2.24, 2.45) is 0 Å². The van der Waals surface area contributed by atoms with E-state index in [2.05, 4.69) is 10.3 Å². The summed E-state index contributed by atoms with van der Waals surface area (Å²) in [6.45, 7) is 4.06. The number of pyridine rings is 1. The Balaban J connectivity index is 2.01. The summed E-state index contributed by atoms with van der Waals surface area (Å²) in [5, 5.41) is 3.30. The molecule has 17 heavy (non-hydrogen) atoms. The number of nitrogens with one attached hydrogen (secondary N) is 1. The lowest BCUT2D eigenvalue weighted by atomic mass is 10.0. The maximum absolute atomic E-state index is 5.66. The normalized spacial score (nSPS) is 23.9. The highest BCUT2D eigenvalue weighted by molar-refractivity contribution is 5.50. The number of hydrogen-bond donors (Lipinski definition) is 2. The van der Waals surface area contributed by atoms with Gasteiger partial charge in [0.25, 0.3) is 0 Å². The van der Waals surface area contributed by atoms with E-state index in [1.165, 1.54) is 0 Å². The fourth-order valence-corrected chi connectivity index (χ4v) is 1.99. The number of aromatic nitrogens is 1. The van der Waals surface area contributed by atoms with Crippen LogP contribution in [-0.2, 0) is 9.47 Å². The molecule has 5 nitrogen and oxygen atoms in total. The van der Waals surface area contributed by atoms with Crippen molar-refractivity contribution in [3.8, 4) is 0 Å². The van der Waals surface area contributed by atoms with Crippen LogP contribution in [0.15, 0.2) is 12.3 Å². The number of hydrogen-bond acceptors (Lipinski definition) is 5. The molecule has 1 saturated heterocycles. The quantitative estimate of drug-likeness (QED) is 0.823. The van der Waals surface area contributed by atoms with E-state index in [1.54, 1.807) is 13.3 Å². The molecule has 0 aliphatic carbocycles. The lowest BCUT2D eigenvalue weighted by molar-refractivity contribution is -0.00625. The average Bonchev–Trinajstić information content (AvgIpc) is 2.77. The number of aryl methyl sites for hydroxylation is 1. The van der Waals surface area contributed by atoms with E-state index in [1.807, 2.05) is 13.0 Å². The van der Waals surface area contributed by atoms with Gasteiger partial charge in [-0.25, -0.2) is 4.98 Å². The average molecular weight is 237 g/mol. The van der Waals surface area contributed by atoms with Crippen LogP contribution >= 0.6 is 0 Å². The van der Waals surface area contributed by atoms with Gasteiger partial charge in [0, 0.05) is 26.7 Å². The molecule has 1 aliphatic heterocycles. The zero-order chi connectivity index (χ0) is 12.3. The number of ether oxygens (including phenoxy) is 2. The van der Waals surface area contributed by atoms with Gasteiger partial charge in [0.1, 0.15) is 11.4 Å². The van der Waals surface area contributed by atoms with Gasteiger partial charge >= 0.3 is 0 Å². The third-order valence-electron chi connectivity index (χ3n) is 3.18. The Morgan fingerprint density at radius 2 is 2.47 bits per heavy atom. The van der Waals surface area contributed by atoms with Crippen LogP contribution in [0.2, 0.25) is 0 Å². The predicted molar refractivity (Wildman–Crippen MR) is 67.1 cm³/mol. The molecule has 5 heteroatoms. The molecule has 3 N–H and O–H groups in total. The monoisotopic (exact) mass is 237 g/mol. The second-order valence-corrected chi connectivity index (χ2v) is 4.48. The van der Waals surface area contributed by atoms with Crippen molar-refractivity contribution in [1.82, 2.24) is 4.98 Å². The lowest BCUT2D eigenvalue weighted by Crippen LogP contribution is -2.39. The Morgan fingerprint density at radius 1 is 1.65 bits per heavy atom. The molecule has 0 spiro atoms. The van der Waals surface area contributed by atoms with Crippen molar-refractivity contribution < 1.29 is 9.47 Å². The zero-order valence-electron chi connectivity index (χ0n) is 10.3. The summed E-state index contributed by atoms with van der Waals surface area (Å²) in [5.74, 6) is 0.850.